The molecular weight excluding hydrogens is 318 g/mol. The smallest absolute Gasteiger partial charge is 0.305 e. The Morgan fingerprint density at radius 3 is 2.56 bits per heavy atom. The maximum Gasteiger partial charge on any atom is 0.305 e. The number of rotatable bonds is 5. The SMILES string of the molecule is CC(C)C1C(=O)C=CC(C(C)(C)C)=C1C1=CN(CCC(=O)O)C=CO1. The molecule has 0 saturated carbocycles. The number of carboxylic acid groups (broad SMARTS) is 1. The number of nitrogens with zero attached hydrogens (tertiary/aromatic N) is 1. The Hall–Kier alpha value is -2.30. The van der Waals surface area contributed by atoms with Crippen molar-refractivity contribution in [2.24, 2.45) is 17.3 Å². The maximum atomic E-state index is 12.5. The Morgan fingerprint density at radius 2 is 2.00 bits per heavy atom. The molecule has 0 bridgehead atoms. The Bertz CT molecular complexity index is 674. The fourth-order valence-corrected chi connectivity index (χ4v) is 3.17. The summed E-state index contributed by atoms with van der Waals surface area (Å²) in [4.78, 5) is 25.2. The summed E-state index contributed by atoms with van der Waals surface area (Å²) >= 11 is 0. The van der Waals surface area contributed by atoms with Gasteiger partial charge in [-0.05, 0) is 23.0 Å². The molecule has 0 radical (unpaired) electrons. The zero-order chi connectivity index (χ0) is 18.8. The van der Waals surface area contributed by atoms with Crippen LogP contribution in [0.5, 0.6) is 0 Å². The molecule has 1 atom stereocenters. The van der Waals surface area contributed by atoms with Gasteiger partial charge in [-0.2, -0.15) is 0 Å². The van der Waals surface area contributed by atoms with Crippen LogP contribution >= 0.6 is 0 Å². The number of hydrogen-bond acceptors (Lipinski definition) is 4. The van der Waals surface area contributed by atoms with Crippen LogP contribution in [0.1, 0.15) is 41.0 Å². The maximum absolute atomic E-state index is 12.5. The van der Waals surface area contributed by atoms with Crippen molar-refractivity contribution in [1.82, 2.24) is 4.90 Å². The summed E-state index contributed by atoms with van der Waals surface area (Å²) in [6.45, 7) is 10.8. The van der Waals surface area contributed by atoms with Crippen molar-refractivity contribution in [3.05, 3.63) is 47.7 Å². The zero-order valence-electron chi connectivity index (χ0n) is 15.6. The molecule has 1 N–H and O–H groups in total. The monoisotopic (exact) mass is 345 g/mol. The number of aliphatic carboxylic acids is 1. The van der Waals surface area contributed by atoms with Gasteiger partial charge in [0.1, 0.15) is 12.0 Å². The highest BCUT2D eigenvalue weighted by Crippen LogP contribution is 2.42. The average Bonchev–Trinajstić information content (AvgIpc) is 2.51. The van der Waals surface area contributed by atoms with Gasteiger partial charge in [0.2, 0.25) is 0 Å². The van der Waals surface area contributed by atoms with Crippen molar-refractivity contribution < 1.29 is 19.4 Å². The van der Waals surface area contributed by atoms with E-state index < -0.39 is 5.97 Å². The first-order valence-electron chi connectivity index (χ1n) is 8.61. The minimum atomic E-state index is -0.847. The van der Waals surface area contributed by atoms with Crippen LogP contribution in [0.4, 0.5) is 0 Å². The van der Waals surface area contributed by atoms with Crippen molar-refractivity contribution in [3.63, 3.8) is 0 Å². The predicted molar refractivity (Wildman–Crippen MR) is 96.2 cm³/mol. The fourth-order valence-electron chi connectivity index (χ4n) is 3.17. The number of allylic oxidation sites excluding steroid dienone is 4. The van der Waals surface area contributed by atoms with Crippen LogP contribution in [0.15, 0.2) is 47.7 Å². The molecule has 1 aliphatic carbocycles. The van der Waals surface area contributed by atoms with Crippen molar-refractivity contribution in [3.8, 4) is 0 Å². The van der Waals surface area contributed by atoms with Gasteiger partial charge in [0.25, 0.3) is 0 Å². The first-order chi connectivity index (χ1) is 11.6. The second-order valence-electron chi connectivity index (χ2n) is 7.81. The lowest BCUT2D eigenvalue weighted by atomic mass is 9.71. The molecule has 0 aromatic carbocycles. The van der Waals surface area contributed by atoms with E-state index in [4.69, 9.17) is 9.84 Å². The third-order valence-corrected chi connectivity index (χ3v) is 4.38. The number of carboxylic acids is 1. The summed E-state index contributed by atoms with van der Waals surface area (Å²) in [7, 11) is 0. The second kappa shape index (κ2) is 7.30. The van der Waals surface area contributed by atoms with E-state index in [0.29, 0.717) is 12.3 Å². The highest BCUT2D eigenvalue weighted by atomic mass is 16.5. The molecule has 0 aromatic rings. The molecule has 5 heteroatoms. The summed E-state index contributed by atoms with van der Waals surface area (Å²) in [6.07, 6.45) is 8.63. The lowest BCUT2D eigenvalue weighted by Crippen LogP contribution is -2.30. The molecule has 5 nitrogen and oxygen atoms in total. The van der Waals surface area contributed by atoms with Crippen molar-refractivity contribution in [1.29, 1.82) is 0 Å². The first kappa shape index (κ1) is 19.0. The molecule has 0 saturated heterocycles. The molecule has 1 heterocycles. The van der Waals surface area contributed by atoms with Gasteiger partial charge in [-0.3, -0.25) is 9.59 Å². The standard InChI is InChI=1S/C20H27NO4/c1-13(2)18-15(22)7-6-14(20(3,4)5)19(18)16-12-21(10-11-25-16)9-8-17(23)24/h6-7,10-13,18H,8-9H2,1-5H3,(H,23,24). The van der Waals surface area contributed by atoms with Crippen molar-refractivity contribution in [2.75, 3.05) is 6.54 Å². The van der Waals surface area contributed by atoms with Gasteiger partial charge in [0, 0.05) is 24.5 Å². The van der Waals surface area contributed by atoms with Gasteiger partial charge in [0.15, 0.2) is 5.78 Å². The number of carbonyl (C=O) groups excluding carboxylic acids is 1. The molecule has 136 valence electrons. The molecule has 1 unspecified atom stereocenters. The molecule has 0 spiro atoms. The lowest BCUT2D eigenvalue weighted by Gasteiger charge is -2.34. The zero-order valence-corrected chi connectivity index (χ0v) is 15.6. The van der Waals surface area contributed by atoms with Crippen molar-refractivity contribution in [2.45, 2.75) is 41.0 Å². The number of carbonyl (C=O) groups is 2. The van der Waals surface area contributed by atoms with E-state index in [-0.39, 0.29) is 29.5 Å². The third-order valence-electron chi connectivity index (χ3n) is 4.38. The summed E-state index contributed by atoms with van der Waals surface area (Å²) in [5.74, 6) is -0.283. The van der Waals surface area contributed by atoms with Gasteiger partial charge in [-0.25, -0.2) is 0 Å². The fraction of sp³-hybridized carbons (Fsp3) is 0.500. The predicted octanol–water partition coefficient (Wildman–Crippen LogP) is 3.86. The number of hydrogen-bond donors (Lipinski definition) is 1. The molecule has 0 aromatic heterocycles. The third kappa shape index (κ3) is 4.41. The van der Waals surface area contributed by atoms with Gasteiger partial charge in [0.05, 0.1) is 12.3 Å². The van der Waals surface area contributed by atoms with E-state index in [2.05, 4.69) is 20.8 Å². The quantitative estimate of drug-likeness (QED) is 0.819. The Labute approximate surface area is 149 Å². The topological polar surface area (TPSA) is 66.8 Å². The van der Waals surface area contributed by atoms with Crippen LogP contribution < -0.4 is 0 Å². The van der Waals surface area contributed by atoms with E-state index in [9.17, 15) is 9.59 Å². The second-order valence-corrected chi connectivity index (χ2v) is 7.81. The number of ether oxygens (including phenoxy) is 1. The van der Waals surface area contributed by atoms with Crippen LogP contribution in [-0.2, 0) is 14.3 Å². The molecule has 1 aliphatic heterocycles. The molecule has 0 fully saturated rings. The van der Waals surface area contributed by atoms with Gasteiger partial charge < -0.3 is 14.7 Å². The first-order valence-corrected chi connectivity index (χ1v) is 8.61. The van der Waals surface area contributed by atoms with E-state index in [0.717, 1.165) is 11.1 Å². The van der Waals surface area contributed by atoms with E-state index in [1.807, 2.05) is 19.9 Å². The van der Waals surface area contributed by atoms with Gasteiger partial charge in [-0.15, -0.1) is 0 Å². The summed E-state index contributed by atoms with van der Waals surface area (Å²) < 4.78 is 5.76. The van der Waals surface area contributed by atoms with E-state index in [1.165, 1.54) is 0 Å². The molecule has 2 aliphatic rings. The minimum absolute atomic E-state index is 0.0335. The average molecular weight is 345 g/mol. The van der Waals surface area contributed by atoms with Crippen LogP contribution in [0.3, 0.4) is 0 Å². The summed E-state index contributed by atoms with van der Waals surface area (Å²) in [5, 5.41) is 8.89. The van der Waals surface area contributed by atoms with Gasteiger partial charge >= 0.3 is 5.97 Å². The van der Waals surface area contributed by atoms with E-state index in [1.54, 1.807) is 29.6 Å². The lowest BCUT2D eigenvalue weighted by molar-refractivity contribution is -0.137. The highest BCUT2D eigenvalue weighted by molar-refractivity contribution is 5.97. The van der Waals surface area contributed by atoms with Crippen molar-refractivity contribution >= 4 is 11.8 Å². The largest absolute Gasteiger partial charge is 0.481 e. The Balaban J connectivity index is 2.48. The van der Waals surface area contributed by atoms with Crippen LogP contribution in [0.25, 0.3) is 0 Å². The highest BCUT2D eigenvalue weighted by Gasteiger charge is 2.36. The molecular formula is C20H27NO4. The Kier molecular flexibility index (Phi) is 5.55. The normalized spacial score (nSPS) is 20.9. The van der Waals surface area contributed by atoms with Crippen LogP contribution in [0, 0.1) is 17.3 Å². The van der Waals surface area contributed by atoms with Gasteiger partial charge in [-0.1, -0.05) is 40.7 Å². The van der Waals surface area contributed by atoms with Crippen LogP contribution in [0.2, 0.25) is 0 Å². The molecule has 2 rings (SSSR count). The Morgan fingerprint density at radius 1 is 1.32 bits per heavy atom. The molecule has 0 amide bonds. The van der Waals surface area contributed by atoms with E-state index >= 15 is 0 Å². The summed E-state index contributed by atoms with van der Waals surface area (Å²) in [5.41, 5.74) is 1.84. The molecule has 25 heavy (non-hydrogen) atoms. The number of ketones is 1. The minimum Gasteiger partial charge on any atom is -0.481 e. The summed E-state index contributed by atoms with van der Waals surface area (Å²) in [6, 6.07) is 0. The van der Waals surface area contributed by atoms with Crippen LogP contribution in [-0.4, -0.2) is 28.3 Å².